The van der Waals surface area contributed by atoms with Crippen LogP contribution in [0.1, 0.15) is 48.3 Å². The number of ether oxygens (including phenoxy) is 1. The van der Waals surface area contributed by atoms with Crippen LogP contribution in [0.25, 0.3) is 0 Å². The summed E-state index contributed by atoms with van der Waals surface area (Å²) >= 11 is 0. The molecule has 0 aliphatic rings. The van der Waals surface area contributed by atoms with Crippen molar-refractivity contribution in [2.24, 2.45) is 5.18 Å². The van der Waals surface area contributed by atoms with Gasteiger partial charge in [-0.3, -0.25) is 0 Å². The Kier molecular flexibility index (Phi) is 6.28. The van der Waals surface area contributed by atoms with Crippen LogP contribution in [-0.4, -0.2) is 36.9 Å². The standard InChI is InChI=1S/C21H26N2O5/c1-21(2,3)16-10-13(6-9-18(16)23(4)5)17(22-27)12-28-14-7-8-15(20(25)26)19(24)11-14/h6-11,17,24H,12H2,1-5H3,(H,25,26). The number of phenols is 1. The smallest absolute Gasteiger partial charge is 0.339 e. The Morgan fingerprint density at radius 1 is 1.18 bits per heavy atom. The van der Waals surface area contributed by atoms with E-state index >= 15 is 0 Å². The van der Waals surface area contributed by atoms with E-state index in [1.807, 2.05) is 37.2 Å². The van der Waals surface area contributed by atoms with Gasteiger partial charge in [0, 0.05) is 25.8 Å². The first-order valence-electron chi connectivity index (χ1n) is 8.88. The van der Waals surface area contributed by atoms with Gasteiger partial charge < -0.3 is 19.8 Å². The molecule has 2 N–H and O–H groups in total. The van der Waals surface area contributed by atoms with Crippen LogP contribution < -0.4 is 9.64 Å². The molecule has 0 spiro atoms. The van der Waals surface area contributed by atoms with E-state index in [9.17, 15) is 14.8 Å². The molecule has 2 aromatic rings. The lowest BCUT2D eigenvalue weighted by molar-refractivity contribution is 0.0693. The quantitative estimate of drug-likeness (QED) is 0.687. The van der Waals surface area contributed by atoms with Crippen molar-refractivity contribution in [3.63, 3.8) is 0 Å². The van der Waals surface area contributed by atoms with Gasteiger partial charge in [0.05, 0.1) is 0 Å². The van der Waals surface area contributed by atoms with Crippen molar-refractivity contribution in [2.75, 3.05) is 25.6 Å². The van der Waals surface area contributed by atoms with Crippen molar-refractivity contribution in [1.29, 1.82) is 0 Å². The third-order valence-corrected chi connectivity index (χ3v) is 4.43. The molecule has 0 saturated heterocycles. The maximum absolute atomic E-state index is 11.4. The van der Waals surface area contributed by atoms with Crippen LogP contribution in [0.2, 0.25) is 0 Å². The van der Waals surface area contributed by atoms with E-state index in [4.69, 9.17) is 9.84 Å². The second kappa shape index (κ2) is 8.29. The average molecular weight is 386 g/mol. The largest absolute Gasteiger partial charge is 0.507 e. The zero-order chi connectivity index (χ0) is 21.1. The Hall–Kier alpha value is -3.09. The molecule has 2 aromatic carbocycles. The number of aromatic hydroxyl groups is 1. The van der Waals surface area contributed by atoms with Gasteiger partial charge in [-0.25, -0.2) is 4.79 Å². The molecular formula is C21H26N2O5. The molecule has 0 amide bonds. The number of nitrogens with zero attached hydrogens (tertiary/aromatic N) is 2. The zero-order valence-corrected chi connectivity index (χ0v) is 16.8. The van der Waals surface area contributed by atoms with Crippen LogP contribution in [0.4, 0.5) is 5.69 Å². The van der Waals surface area contributed by atoms with E-state index in [0.29, 0.717) is 0 Å². The lowest BCUT2D eigenvalue weighted by Gasteiger charge is -2.28. The Bertz CT molecular complexity index is 872. The molecule has 0 aliphatic heterocycles. The Balaban J connectivity index is 2.25. The molecule has 0 fully saturated rings. The number of hydrogen-bond acceptors (Lipinski definition) is 6. The fourth-order valence-corrected chi connectivity index (χ4v) is 2.90. The number of rotatable bonds is 7. The number of anilines is 1. The lowest BCUT2D eigenvalue weighted by Crippen LogP contribution is -2.20. The van der Waals surface area contributed by atoms with E-state index in [-0.39, 0.29) is 23.3 Å². The van der Waals surface area contributed by atoms with Crippen LogP contribution in [0.5, 0.6) is 11.5 Å². The third-order valence-electron chi connectivity index (χ3n) is 4.43. The van der Waals surface area contributed by atoms with Crippen LogP contribution >= 0.6 is 0 Å². The number of carboxylic acids is 1. The monoisotopic (exact) mass is 386 g/mol. The van der Waals surface area contributed by atoms with Gasteiger partial charge >= 0.3 is 5.97 Å². The molecule has 28 heavy (non-hydrogen) atoms. The fourth-order valence-electron chi connectivity index (χ4n) is 2.90. The molecule has 150 valence electrons. The first-order valence-corrected chi connectivity index (χ1v) is 8.88. The van der Waals surface area contributed by atoms with Crippen molar-refractivity contribution in [1.82, 2.24) is 0 Å². The summed E-state index contributed by atoms with van der Waals surface area (Å²) in [6.45, 7) is 6.28. The van der Waals surface area contributed by atoms with Crippen molar-refractivity contribution in [2.45, 2.75) is 32.2 Å². The summed E-state index contributed by atoms with van der Waals surface area (Å²) in [6.07, 6.45) is 0. The van der Waals surface area contributed by atoms with Gasteiger partial charge in [-0.2, -0.15) is 4.91 Å². The highest BCUT2D eigenvalue weighted by molar-refractivity contribution is 5.90. The summed E-state index contributed by atoms with van der Waals surface area (Å²) in [5.41, 5.74) is 2.55. The van der Waals surface area contributed by atoms with Gasteiger partial charge in [0.15, 0.2) is 6.04 Å². The SMILES string of the molecule is CN(C)c1ccc(C(COc2ccc(C(=O)O)c(O)c2)N=O)cc1C(C)(C)C. The molecule has 1 atom stereocenters. The summed E-state index contributed by atoms with van der Waals surface area (Å²) in [6, 6.07) is 8.93. The van der Waals surface area contributed by atoms with E-state index in [1.54, 1.807) is 0 Å². The molecule has 0 heterocycles. The highest BCUT2D eigenvalue weighted by atomic mass is 16.5. The Morgan fingerprint density at radius 2 is 1.86 bits per heavy atom. The maximum atomic E-state index is 11.4. The summed E-state index contributed by atoms with van der Waals surface area (Å²) in [7, 11) is 3.94. The zero-order valence-electron chi connectivity index (χ0n) is 16.8. The van der Waals surface area contributed by atoms with Gasteiger partial charge in [-0.1, -0.05) is 38.1 Å². The van der Waals surface area contributed by atoms with E-state index in [2.05, 4.69) is 25.9 Å². The van der Waals surface area contributed by atoms with Crippen molar-refractivity contribution >= 4 is 11.7 Å². The maximum Gasteiger partial charge on any atom is 0.339 e. The first-order chi connectivity index (χ1) is 13.0. The predicted molar refractivity (Wildman–Crippen MR) is 109 cm³/mol. The van der Waals surface area contributed by atoms with Gasteiger partial charge in [-0.05, 0) is 34.7 Å². The minimum Gasteiger partial charge on any atom is -0.507 e. The first kappa shape index (κ1) is 21.2. The normalized spacial score (nSPS) is 12.3. The van der Waals surface area contributed by atoms with Crippen LogP contribution in [-0.2, 0) is 5.41 Å². The minimum atomic E-state index is -1.23. The van der Waals surface area contributed by atoms with Crippen LogP contribution in [0.3, 0.4) is 0 Å². The molecule has 2 rings (SSSR count). The molecular weight excluding hydrogens is 360 g/mol. The summed E-state index contributed by atoms with van der Waals surface area (Å²) < 4.78 is 5.58. The molecule has 0 radical (unpaired) electrons. The van der Waals surface area contributed by atoms with Crippen molar-refractivity contribution in [3.8, 4) is 11.5 Å². The number of carbonyl (C=O) groups is 1. The molecule has 0 saturated carbocycles. The lowest BCUT2D eigenvalue weighted by atomic mass is 9.84. The van der Waals surface area contributed by atoms with E-state index < -0.39 is 17.8 Å². The number of aromatic carboxylic acids is 1. The van der Waals surface area contributed by atoms with Gasteiger partial charge in [0.2, 0.25) is 0 Å². The third kappa shape index (κ3) is 4.79. The molecule has 0 bridgehead atoms. The summed E-state index contributed by atoms with van der Waals surface area (Å²) in [5, 5.41) is 21.9. The van der Waals surface area contributed by atoms with E-state index in [1.165, 1.54) is 18.2 Å². The van der Waals surface area contributed by atoms with Crippen LogP contribution in [0, 0.1) is 4.91 Å². The average Bonchev–Trinajstić information content (AvgIpc) is 2.61. The highest BCUT2D eigenvalue weighted by Gasteiger charge is 2.23. The molecule has 7 nitrogen and oxygen atoms in total. The summed E-state index contributed by atoms with van der Waals surface area (Å²) in [4.78, 5) is 24.4. The second-order valence-electron chi connectivity index (χ2n) is 7.84. The van der Waals surface area contributed by atoms with Gasteiger partial charge in [0.1, 0.15) is 23.7 Å². The topological polar surface area (TPSA) is 99.4 Å². The fraction of sp³-hybridized carbons (Fsp3) is 0.381. The molecule has 0 aliphatic carbocycles. The number of nitroso groups, excluding NO2 is 1. The van der Waals surface area contributed by atoms with Crippen LogP contribution in [0.15, 0.2) is 41.6 Å². The highest BCUT2D eigenvalue weighted by Crippen LogP contribution is 2.34. The summed E-state index contributed by atoms with van der Waals surface area (Å²) in [5.74, 6) is -1.37. The Morgan fingerprint density at radius 3 is 2.36 bits per heavy atom. The predicted octanol–water partition coefficient (Wildman–Crippen LogP) is 4.34. The second-order valence-corrected chi connectivity index (χ2v) is 7.84. The van der Waals surface area contributed by atoms with Crippen molar-refractivity contribution in [3.05, 3.63) is 58.0 Å². The molecule has 7 heteroatoms. The minimum absolute atomic E-state index is 0.0275. The number of carboxylic acid groups (broad SMARTS) is 1. The van der Waals surface area contributed by atoms with E-state index in [0.717, 1.165) is 16.8 Å². The Labute approximate surface area is 164 Å². The molecule has 1 unspecified atom stereocenters. The van der Waals surface area contributed by atoms with Gasteiger partial charge in [0.25, 0.3) is 0 Å². The van der Waals surface area contributed by atoms with Gasteiger partial charge in [-0.15, -0.1) is 0 Å². The number of hydrogen-bond donors (Lipinski definition) is 2. The molecule has 0 aromatic heterocycles. The van der Waals surface area contributed by atoms with Crippen molar-refractivity contribution < 1.29 is 19.7 Å². The number of benzene rings is 2.